The zero-order valence-electron chi connectivity index (χ0n) is 13.4. The van der Waals surface area contributed by atoms with Crippen molar-refractivity contribution in [2.75, 3.05) is 52.6 Å². The molecule has 1 aromatic rings. The molecule has 0 radical (unpaired) electrons. The zero-order valence-corrected chi connectivity index (χ0v) is 13.4. The maximum atomic E-state index is 5.53. The fourth-order valence-corrected chi connectivity index (χ4v) is 3.30. The SMILES string of the molecule is C/C(=C/N1CCOCC1)C(c1ccccc1)N1CCOCC1. The van der Waals surface area contributed by atoms with E-state index < -0.39 is 0 Å². The average Bonchev–Trinajstić information content (AvgIpc) is 2.58. The van der Waals surface area contributed by atoms with Gasteiger partial charge in [-0.05, 0) is 18.1 Å². The third kappa shape index (κ3) is 3.88. The van der Waals surface area contributed by atoms with Crippen LogP contribution in [0.5, 0.6) is 0 Å². The van der Waals surface area contributed by atoms with Gasteiger partial charge < -0.3 is 14.4 Å². The van der Waals surface area contributed by atoms with E-state index in [1.54, 1.807) is 0 Å². The molecule has 0 aliphatic carbocycles. The number of hydrogen-bond donors (Lipinski definition) is 0. The highest BCUT2D eigenvalue weighted by atomic mass is 16.5. The molecular formula is C18H26N2O2. The molecule has 2 aliphatic heterocycles. The summed E-state index contributed by atoms with van der Waals surface area (Å²) in [6, 6.07) is 11.2. The van der Waals surface area contributed by atoms with Crippen LogP contribution in [0.3, 0.4) is 0 Å². The fourth-order valence-electron chi connectivity index (χ4n) is 3.30. The maximum Gasteiger partial charge on any atom is 0.0642 e. The van der Waals surface area contributed by atoms with Gasteiger partial charge in [0.15, 0.2) is 0 Å². The number of morpholine rings is 2. The van der Waals surface area contributed by atoms with Gasteiger partial charge >= 0.3 is 0 Å². The van der Waals surface area contributed by atoms with Crippen molar-refractivity contribution in [1.29, 1.82) is 0 Å². The molecule has 1 unspecified atom stereocenters. The Morgan fingerprint density at radius 1 is 0.955 bits per heavy atom. The Labute approximate surface area is 133 Å². The highest BCUT2D eigenvalue weighted by molar-refractivity contribution is 5.27. The Morgan fingerprint density at radius 3 is 2.18 bits per heavy atom. The number of hydrogen-bond acceptors (Lipinski definition) is 4. The molecule has 0 N–H and O–H groups in total. The van der Waals surface area contributed by atoms with E-state index in [-0.39, 0.29) is 0 Å². The Balaban J connectivity index is 1.81. The van der Waals surface area contributed by atoms with Crippen LogP contribution in [0.25, 0.3) is 0 Å². The minimum atomic E-state index is 0.341. The van der Waals surface area contributed by atoms with E-state index in [1.807, 2.05) is 0 Å². The molecule has 0 amide bonds. The quantitative estimate of drug-likeness (QED) is 0.852. The lowest BCUT2D eigenvalue weighted by Gasteiger charge is -2.36. The molecule has 0 aromatic heterocycles. The van der Waals surface area contributed by atoms with Gasteiger partial charge in [0.25, 0.3) is 0 Å². The van der Waals surface area contributed by atoms with E-state index >= 15 is 0 Å². The minimum absolute atomic E-state index is 0.341. The van der Waals surface area contributed by atoms with Crippen molar-refractivity contribution in [2.24, 2.45) is 0 Å². The number of rotatable bonds is 4. The van der Waals surface area contributed by atoms with E-state index in [9.17, 15) is 0 Å². The minimum Gasteiger partial charge on any atom is -0.379 e. The zero-order chi connectivity index (χ0) is 15.2. The predicted octanol–water partition coefficient (Wildman–Crippen LogP) is 2.30. The summed E-state index contributed by atoms with van der Waals surface area (Å²) >= 11 is 0. The molecule has 0 saturated carbocycles. The van der Waals surface area contributed by atoms with Crippen LogP contribution in [0.15, 0.2) is 42.1 Å². The Morgan fingerprint density at radius 2 is 1.55 bits per heavy atom. The Hall–Kier alpha value is -1.36. The molecule has 120 valence electrons. The third-order valence-corrected chi connectivity index (χ3v) is 4.39. The maximum absolute atomic E-state index is 5.53. The van der Waals surface area contributed by atoms with Crippen molar-refractivity contribution >= 4 is 0 Å². The Bertz CT molecular complexity index is 477. The summed E-state index contributed by atoms with van der Waals surface area (Å²) in [6.45, 7) is 9.53. The largest absolute Gasteiger partial charge is 0.379 e. The standard InChI is InChI=1S/C18H26N2O2/c1-16(15-19-7-11-21-12-8-19)18(17-5-3-2-4-6-17)20-9-13-22-14-10-20/h2-6,15,18H,7-14H2,1H3/b16-15-. The van der Waals surface area contributed by atoms with Crippen LogP contribution in [0, 0.1) is 0 Å². The lowest BCUT2D eigenvalue weighted by atomic mass is 9.98. The Kier molecular flexibility index (Phi) is 5.48. The molecule has 0 spiro atoms. The summed E-state index contributed by atoms with van der Waals surface area (Å²) in [5, 5.41) is 0. The molecule has 2 heterocycles. The van der Waals surface area contributed by atoms with Crippen LogP contribution in [0.4, 0.5) is 0 Å². The molecule has 1 atom stereocenters. The van der Waals surface area contributed by atoms with E-state index in [1.165, 1.54) is 11.1 Å². The van der Waals surface area contributed by atoms with Crippen LogP contribution in [0.1, 0.15) is 18.5 Å². The first kappa shape index (κ1) is 15.5. The van der Waals surface area contributed by atoms with Crippen molar-refractivity contribution in [3.8, 4) is 0 Å². The lowest BCUT2D eigenvalue weighted by Crippen LogP contribution is -2.40. The lowest BCUT2D eigenvalue weighted by molar-refractivity contribution is 0.0223. The van der Waals surface area contributed by atoms with Gasteiger partial charge in [0, 0.05) is 32.4 Å². The normalized spacial score (nSPS) is 22.6. The van der Waals surface area contributed by atoms with Crippen molar-refractivity contribution < 1.29 is 9.47 Å². The molecule has 2 aliphatic rings. The first-order chi connectivity index (χ1) is 10.8. The summed E-state index contributed by atoms with van der Waals surface area (Å²) in [6.07, 6.45) is 2.33. The van der Waals surface area contributed by atoms with Crippen molar-refractivity contribution in [1.82, 2.24) is 9.80 Å². The number of benzene rings is 1. The third-order valence-electron chi connectivity index (χ3n) is 4.39. The second-order valence-corrected chi connectivity index (χ2v) is 5.98. The van der Waals surface area contributed by atoms with Gasteiger partial charge in [-0.15, -0.1) is 0 Å². The summed E-state index contributed by atoms with van der Waals surface area (Å²) in [5.41, 5.74) is 2.77. The monoisotopic (exact) mass is 302 g/mol. The van der Waals surface area contributed by atoms with E-state index in [2.05, 4.69) is 53.3 Å². The second kappa shape index (κ2) is 7.77. The summed E-state index contributed by atoms with van der Waals surface area (Å²) in [7, 11) is 0. The van der Waals surface area contributed by atoms with Crippen molar-refractivity contribution in [2.45, 2.75) is 13.0 Å². The first-order valence-electron chi connectivity index (χ1n) is 8.21. The van der Waals surface area contributed by atoms with E-state index in [4.69, 9.17) is 9.47 Å². The smallest absolute Gasteiger partial charge is 0.0642 e. The topological polar surface area (TPSA) is 24.9 Å². The van der Waals surface area contributed by atoms with Crippen molar-refractivity contribution in [3.05, 3.63) is 47.7 Å². The molecule has 0 bridgehead atoms. The van der Waals surface area contributed by atoms with Gasteiger partial charge in [0.2, 0.25) is 0 Å². The van der Waals surface area contributed by atoms with Crippen LogP contribution in [0.2, 0.25) is 0 Å². The van der Waals surface area contributed by atoms with Crippen LogP contribution < -0.4 is 0 Å². The van der Waals surface area contributed by atoms with Gasteiger partial charge in [-0.1, -0.05) is 30.3 Å². The molecule has 4 nitrogen and oxygen atoms in total. The molecule has 2 saturated heterocycles. The van der Waals surface area contributed by atoms with Gasteiger partial charge in [0.05, 0.1) is 32.5 Å². The highest BCUT2D eigenvalue weighted by Gasteiger charge is 2.24. The van der Waals surface area contributed by atoms with Crippen LogP contribution in [-0.4, -0.2) is 62.4 Å². The summed E-state index contributed by atoms with van der Waals surface area (Å²) < 4.78 is 11.0. The molecule has 1 aromatic carbocycles. The second-order valence-electron chi connectivity index (χ2n) is 5.98. The molecule has 4 heteroatoms. The molecule has 22 heavy (non-hydrogen) atoms. The first-order valence-corrected chi connectivity index (χ1v) is 8.21. The summed E-state index contributed by atoms with van der Waals surface area (Å²) in [4.78, 5) is 4.92. The van der Waals surface area contributed by atoms with Gasteiger partial charge in [-0.3, -0.25) is 4.90 Å². The van der Waals surface area contributed by atoms with Gasteiger partial charge in [-0.25, -0.2) is 0 Å². The van der Waals surface area contributed by atoms with Gasteiger partial charge in [-0.2, -0.15) is 0 Å². The van der Waals surface area contributed by atoms with E-state index in [0.717, 1.165) is 52.6 Å². The number of nitrogens with zero attached hydrogens (tertiary/aromatic N) is 2. The average molecular weight is 302 g/mol. The molecule has 3 rings (SSSR count). The van der Waals surface area contributed by atoms with Crippen molar-refractivity contribution in [3.63, 3.8) is 0 Å². The van der Waals surface area contributed by atoms with E-state index in [0.29, 0.717) is 6.04 Å². The molecule has 2 fully saturated rings. The predicted molar refractivity (Wildman–Crippen MR) is 87.7 cm³/mol. The van der Waals surface area contributed by atoms with Crippen LogP contribution in [-0.2, 0) is 9.47 Å². The number of ether oxygens (including phenoxy) is 2. The summed E-state index contributed by atoms with van der Waals surface area (Å²) in [5.74, 6) is 0. The van der Waals surface area contributed by atoms with Gasteiger partial charge in [0.1, 0.15) is 0 Å². The molecular weight excluding hydrogens is 276 g/mol. The fraction of sp³-hybridized carbons (Fsp3) is 0.556. The highest BCUT2D eigenvalue weighted by Crippen LogP contribution is 2.29. The van der Waals surface area contributed by atoms with Crippen LogP contribution >= 0.6 is 0 Å².